The Hall–Kier alpha value is -3.53. The highest BCUT2D eigenvalue weighted by molar-refractivity contribution is 6.33. The van der Waals surface area contributed by atoms with Crippen molar-refractivity contribution in [2.24, 2.45) is 5.10 Å². The predicted octanol–water partition coefficient (Wildman–Crippen LogP) is 3.93. The monoisotopic (exact) mass is 406 g/mol. The van der Waals surface area contributed by atoms with Gasteiger partial charge in [-0.2, -0.15) is 5.10 Å². The molecule has 28 heavy (non-hydrogen) atoms. The van der Waals surface area contributed by atoms with Gasteiger partial charge in [-0.25, -0.2) is 0 Å². The fourth-order valence-corrected chi connectivity index (χ4v) is 2.48. The molecule has 11 heteroatoms. The first-order chi connectivity index (χ1) is 13.3. The number of anilines is 1. The highest BCUT2D eigenvalue weighted by atomic mass is 35.5. The van der Waals surface area contributed by atoms with E-state index in [1.807, 2.05) is 0 Å². The SMILES string of the molecule is CCOC(=O)C/C(=N\Nc1cc(Cl)c([N+](=O)[O-])cc1[N+](=O)[O-])c1ccccc1. The second-order valence-electron chi connectivity index (χ2n) is 5.35. The highest BCUT2D eigenvalue weighted by Crippen LogP contribution is 2.35. The second kappa shape index (κ2) is 9.42. The van der Waals surface area contributed by atoms with E-state index in [1.54, 1.807) is 37.3 Å². The normalized spacial score (nSPS) is 11.0. The summed E-state index contributed by atoms with van der Waals surface area (Å²) in [5.41, 5.74) is 2.01. The van der Waals surface area contributed by atoms with Gasteiger partial charge in [0.15, 0.2) is 0 Å². The number of esters is 1. The van der Waals surface area contributed by atoms with E-state index in [0.29, 0.717) is 5.56 Å². The number of hydrogen-bond donors (Lipinski definition) is 1. The second-order valence-corrected chi connectivity index (χ2v) is 5.76. The van der Waals surface area contributed by atoms with Crippen molar-refractivity contribution in [3.63, 3.8) is 0 Å². The van der Waals surface area contributed by atoms with E-state index in [0.717, 1.165) is 12.1 Å². The molecule has 2 rings (SSSR count). The van der Waals surface area contributed by atoms with Gasteiger partial charge in [0, 0.05) is 0 Å². The molecule has 0 saturated heterocycles. The smallest absolute Gasteiger partial charge is 0.311 e. The number of carbonyl (C=O) groups excluding carboxylic acids is 1. The molecule has 0 saturated carbocycles. The van der Waals surface area contributed by atoms with Gasteiger partial charge in [-0.3, -0.25) is 30.4 Å². The average Bonchev–Trinajstić information content (AvgIpc) is 2.65. The van der Waals surface area contributed by atoms with Crippen LogP contribution in [0.15, 0.2) is 47.6 Å². The topological polar surface area (TPSA) is 137 Å². The largest absolute Gasteiger partial charge is 0.466 e. The maximum Gasteiger partial charge on any atom is 0.311 e. The summed E-state index contributed by atoms with van der Waals surface area (Å²) < 4.78 is 4.92. The minimum atomic E-state index is -0.821. The van der Waals surface area contributed by atoms with Crippen LogP contribution < -0.4 is 5.43 Å². The van der Waals surface area contributed by atoms with Crippen LogP contribution in [0.4, 0.5) is 17.1 Å². The van der Waals surface area contributed by atoms with Gasteiger partial charge in [0.25, 0.3) is 5.69 Å². The lowest BCUT2D eigenvalue weighted by Crippen LogP contribution is -2.14. The van der Waals surface area contributed by atoms with E-state index >= 15 is 0 Å². The van der Waals surface area contributed by atoms with E-state index in [4.69, 9.17) is 16.3 Å². The van der Waals surface area contributed by atoms with Crippen LogP contribution in [0.2, 0.25) is 5.02 Å². The summed E-state index contributed by atoms with van der Waals surface area (Å²) >= 11 is 5.83. The molecule has 0 aliphatic carbocycles. The van der Waals surface area contributed by atoms with Gasteiger partial charge in [0.05, 0.1) is 34.7 Å². The fraction of sp³-hybridized carbons (Fsp3) is 0.176. The molecule has 0 amide bonds. The lowest BCUT2D eigenvalue weighted by Gasteiger charge is -2.09. The Kier molecular flexibility index (Phi) is 6.99. The van der Waals surface area contributed by atoms with Gasteiger partial charge >= 0.3 is 11.7 Å². The van der Waals surface area contributed by atoms with Crippen molar-refractivity contribution >= 4 is 40.3 Å². The van der Waals surface area contributed by atoms with Gasteiger partial charge in [-0.05, 0) is 18.6 Å². The molecule has 0 unspecified atom stereocenters. The quantitative estimate of drug-likeness (QED) is 0.303. The number of nitrogens with one attached hydrogen (secondary N) is 1. The van der Waals surface area contributed by atoms with Crippen molar-refractivity contribution in [3.8, 4) is 0 Å². The number of carbonyl (C=O) groups is 1. The molecule has 1 N–H and O–H groups in total. The average molecular weight is 407 g/mol. The first kappa shape index (κ1) is 20.8. The van der Waals surface area contributed by atoms with Gasteiger partial charge in [0.1, 0.15) is 10.7 Å². The van der Waals surface area contributed by atoms with E-state index < -0.39 is 27.2 Å². The molecule has 0 aliphatic rings. The maximum atomic E-state index is 11.9. The summed E-state index contributed by atoms with van der Waals surface area (Å²) in [5, 5.41) is 26.0. The zero-order chi connectivity index (χ0) is 20.7. The van der Waals surface area contributed by atoms with Crippen LogP contribution in [-0.4, -0.2) is 28.1 Å². The summed E-state index contributed by atoms with van der Waals surface area (Å²) in [7, 11) is 0. The lowest BCUT2D eigenvalue weighted by atomic mass is 10.1. The molecule has 0 aromatic heterocycles. The van der Waals surface area contributed by atoms with Gasteiger partial charge in [-0.1, -0.05) is 41.9 Å². The van der Waals surface area contributed by atoms with E-state index in [2.05, 4.69) is 10.5 Å². The minimum Gasteiger partial charge on any atom is -0.466 e. The minimum absolute atomic E-state index is 0.155. The molecule has 0 radical (unpaired) electrons. The number of hydrogen-bond acceptors (Lipinski definition) is 8. The molecule has 0 heterocycles. The van der Waals surface area contributed by atoms with Crippen LogP contribution in [0, 0.1) is 20.2 Å². The van der Waals surface area contributed by atoms with Crippen molar-refractivity contribution in [1.29, 1.82) is 0 Å². The third-order valence-corrected chi connectivity index (χ3v) is 3.80. The summed E-state index contributed by atoms with van der Waals surface area (Å²) in [6.07, 6.45) is -0.181. The van der Waals surface area contributed by atoms with Crippen molar-refractivity contribution in [2.45, 2.75) is 13.3 Å². The Bertz CT molecular complexity index is 933. The summed E-state index contributed by atoms with van der Waals surface area (Å²) in [6.45, 7) is 1.86. The highest BCUT2D eigenvalue weighted by Gasteiger charge is 2.24. The summed E-state index contributed by atoms with van der Waals surface area (Å²) in [5.74, 6) is -0.525. The number of benzene rings is 2. The van der Waals surface area contributed by atoms with Gasteiger partial charge < -0.3 is 4.74 Å². The molecule has 2 aromatic rings. The molecule has 10 nitrogen and oxygen atoms in total. The Labute approximate surface area is 164 Å². The Morgan fingerprint density at radius 2 is 1.79 bits per heavy atom. The standard InChI is InChI=1S/C17H15ClN4O6/c1-2-28-17(23)9-13(11-6-4-3-5-7-11)19-20-14-8-12(18)15(21(24)25)10-16(14)22(26)27/h3-8,10,20H,2,9H2,1H3/b19-13+. The van der Waals surface area contributed by atoms with E-state index in [9.17, 15) is 25.0 Å². The van der Waals surface area contributed by atoms with Crippen LogP contribution in [0.25, 0.3) is 0 Å². The fourth-order valence-electron chi connectivity index (χ4n) is 2.24. The van der Waals surface area contributed by atoms with E-state index in [-0.39, 0.29) is 29.4 Å². The number of rotatable bonds is 8. The first-order valence-electron chi connectivity index (χ1n) is 7.99. The lowest BCUT2D eigenvalue weighted by molar-refractivity contribution is -0.393. The number of nitro groups is 2. The Morgan fingerprint density at radius 1 is 1.14 bits per heavy atom. The van der Waals surface area contributed by atoms with Gasteiger partial charge in [-0.15, -0.1) is 0 Å². The van der Waals surface area contributed by atoms with Crippen molar-refractivity contribution in [3.05, 3.63) is 73.3 Å². The predicted molar refractivity (Wildman–Crippen MR) is 103 cm³/mol. The molecular formula is C17H15ClN4O6. The molecule has 0 aliphatic heterocycles. The molecule has 0 spiro atoms. The number of halogens is 1. The molecule has 0 bridgehead atoms. The first-order valence-corrected chi connectivity index (χ1v) is 8.37. The number of nitro benzene ring substituents is 2. The molecular weight excluding hydrogens is 392 g/mol. The molecule has 146 valence electrons. The molecule has 0 fully saturated rings. The zero-order valence-corrected chi connectivity index (χ0v) is 15.4. The zero-order valence-electron chi connectivity index (χ0n) is 14.6. The number of nitrogens with zero attached hydrogens (tertiary/aromatic N) is 3. The Balaban J connectivity index is 2.43. The van der Waals surface area contributed by atoms with E-state index in [1.165, 1.54) is 0 Å². The third-order valence-electron chi connectivity index (χ3n) is 3.49. The van der Waals surface area contributed by atoms with Crippen LogP contribution in [0.5, 0.6) is 0 Å². The van der Waals surface area contributed by atoms with Crippen molar-refractivity contribution < 1.29 is 19.4 Å². The van der Waals surface area contributed by atoms with Crippen LogP contribution in [0.3, 0.4) is 0 Å². The summed E-state index contributed by atoms with van der Waals surface area (Å²) in [4.78, 5) is 32.4. The molecule has 0 atom stereocenters. The molecule has 2 aromatic carbocycles. The van der Waals surface area contributed by atoms with Crippen LogP contribution in [-0.2, 0) is 9.53 Å². The summed E-state index contributed by atoms with van der Waals surface area (Å²) in [6, 6.07) is 10.4. The maximum absolute atomic E-state index is 11.9. The van der Waals surface area contributed by atoms with Gasteiger partial charge in [0.2, 0.25) is 0 Å². The Morgan fingerprint density at radius 3 is 2.36 bits per heavy atom. The van der Waals surface area contributed by atoms with Crippen LogP contribution >= 0.6 is 11.6 Å². The van der Waals surface area contributed by atoms with Crippen molar-refractivity contribution in [2.75, 3.05) is 12.0 Å². The van der Waals surface area contributed by atoms with Crippen molar-refractivity contribution in [1.82, 2.24) is 0 Å². The third kappa shape index (κ3) is 5.24. The van der Waals surface area contributed by atoms with Crippen LogP contribution in [0.1, 0.15) is 18.9 Å². The number of hydrazone groups is 1. The number of ether oxygens (including phenoxy) is 1.